The van der Waals surface area contributed by atoms with Crippen LogP contribution < -0.4 is 5.32 Å². The fraction of sp³-hybridized carbons (Fsp3) is 0.600. The Morgan fingerprint density at radius 3 is 3.06 bits per heavy atom. The number of halogens is 1. The molecule has 1 saturated heterocycles. The monoisotopic (exact) mass is 249 g/mol. The Morgan fingerprint density at radius 1 is 1.39 bits per heavy atom. The molecule has 2 aliphatic rings. The van der Waals surface area contributed by atoms with E-state index in [1.54, 1.807) is 12.1 Å². The molecule has 0 amide bonds. The summed E-state index contributed by atoms with van der Waals surface area (Å²) in [5.41, 5.74) is 2.45. The molecule has 0 saturated carbocycles. The molecule has 2 nitrogen and oxygen atoms in total. The zero-order chi connectivity index (χ0) is 12.5. The SMILES string of the molecule is CC1OCCC1CNC1CCc2cc(F)ccc21. The number of nitrogens with one attached hydrogen (secondary N) is 1. The largest absolute Gasteiger partial charge is 0.378 e. The Labute approximate surface area is 108 Å². The van der Waals surface area contributed by atoms with Crippen LogP contribution in [0.4, 0.5) is 4.39 Å². The Hall–Kier alpha value is -0.930. The van der Waals surface area contributed by atoms with E-state index in [0.29, 0.717) is 18.1 Å². The molecule has 1 heterocycles. The second-order valence-corrected chi connectivity index (χ2v) is 5.47. The molecule has 0 radical (unpaired) electrons. The number of ether oxygens (including phenoxy) is 1. The van der Waals surface area contributed by atoms with Crippen molar-refractivity contribution in [2.45, 2.75) is 38.3 Å². The van der Waals surface area contributed by atoms with Crippen molar-refractivity contribution in [2.24, 2.45) is 5.92 Å². The van der Waals surface area contributed by atoms with Crippen molar-refractivity contribution in [1.29, 1.82) is 0 Å². The van der Waals surface area contributed by atoms with E-state index in [0.717, 1.165) is 32.4 Å². The standard InChI is InChI=1S/C15H20FNO/c1-10-12(6-7-18-10)9-17-15-5-2-11-8-13(16)3-4-14(11)15/h3-4,8,10,12,15,17H,2,5-7,9H2,1H3. The van der Waals surface area contributed by atoms with E-state index in [2.05, 4.69) is 12.2 Å². The summed E-state index contributed by atoms with van der Waals surface area (Å²) in [5, 5.41) is 3.63. The number of rotatable bonds is 3. The summed E-state index contributed by atoms with van der Waals surface area (Å²) in [5.74, 6) is 0.502. The zero-order valence-electron chi connectivity index (χ0n) is 10.8. The van der Waals surface area contributed by atoms with Crippen molar-refractivity contribution in [3.8, 4) is 0 Å². The minimum absolute atomic E-state index is 0.118. The molecule has 3 unspecified atom stereocenters. The van der Waals surface area contributed by atoms with Gasteiger partial charge in [-0.05, 0) is 55.4 Å². The molecule has 1 fully saturated rings. The summed E-state index contributed by atoms with van der Waals surface area (Å²) < 4.78 is 18.7. The van der Waals surface area contributed by atoms with Crippen molar-refractivity contribution in [3.63, 3.8) is 0 Å². The molecule has 0 bridgehead atoms. The first-order valence-corrected chi connectivity index (χ1v) is 6.87. The van der Waals surface area contributed by atoms with Crippen molar-refractivity contribution in [1.82, 2.24) is 5.32 Å². The molecular formula is C15H20FNO. The highest BCUT2D eigenvalue weighted by atomic mass is 19.1. The third-order valence-electron chi connectivity index (χ3n) is 4.34. The predicted octanol–water partition coefficient (Wildman–Crippen LogP) is 2.83. The van der Waals surface area contributed by atoms with Gasteiger partial charge in [0.05, 0.1) is 6.10 Å². The van der Waals surface area contributed by atoms with Gasteiger partial charge >= 0.3 is 0 Å². The lowest BCUT2D eigenvalue weighted by Gasteiger charge is -2.19. The van der Waals surface area contributed by atoms with Gasteiger partial charge in [0.1, 0.15) is 5.82 Å². The number of aryl methyl sites for hydroxylation is 1. The topological polar surface area (TPSA) is 21.3 Å². The van der Waals surface area contributed by atoms with Gasteiger partial charge in [-0.2, -0.15) is 0 Å². The van der Waals surface area contributed by atoms with Gasteiger partial charge < -0.3 is 10.1 Å². The highest BCUT2D eigenvalue weighted by Gasteiger charge is 2.27. The summed E-state index contributed by atoms with van der Waals surface area (Å²) >= 11 is 0. The molecule has 1 aromatic carbocycles. The van der Waals surface area contributed by atoms with Crippen LogP contribution in [0.15, 0.2) is 18.2 Å². The molecule has 1 aromatic rings. The highest BCUT2D eigenvalue weighted by molar-refractivity contribution is 5.34. The average Bonchev–Trinajstić information content (AvgIpc) is 2.93. The maximum atomic E-state index is 13.1. The van der Waals surface area contributed by atoms with E-state index in [1.165, 1.54) is 11.1 Å². The zero-order valence-corrected chi connectivity index (χ0v) is 10.8. The summed E-state index contributed by atoms with van der Waals surface area (Å²) in [7, 11) is 0. The molecule has 1 N–H and O–H groups in total. The minimum atomic E-state index is -0.118. The lowest BCUT2D eigenvalue weighted by atomic mass is 10.0. The van der Waals surface area contributed by atoms with Gasteiger partial charge in [0.25, 0.3) is 0 Å². The van der Waals surface area contributed by atoms with E-state index in [4.69, 9.17) is 4.74 Å². The van der Waals surface area contributed by atoms with Crippen LogP contribution in [0.1, 0.15) is 36.9 Å². The van der Waals surface area contributed by atoms with E-state index in [1.807, 2.05) is 6.07 Å². The third kappa shape index (κ3) is 2.29. The quantitative estimate of drug-likeness (QED) is 0.889. The van der Waals surface area contributed by atoms with Gasteiger partial charge in [-0.3, -0.25) is 0 Å². The van der Waals surface area contributed by atoms with Crippen molar-refractivity contribution in [3.05, 3.63) is 35.1 Å². The van der Waals surface area contributed by atoms with Crippen LogP contribution >= 0.6 is 0 Å². The van der Waals surface area contributed by atoms with E-state index >= 15 is 0 Å². The third-order valence-corrected chi connectivity index (χ3v) is 4.34. The highest BCUT2D eigenvalue weighted by Crippen LogP contribution is 2.32. The van der Waals surface area contributed by atoms with Crippen molar-refractivity contribution in [2.75, 3.05) is 13.2 Å². The first-order chi connectivity index (χ1) is 8.74. The fourth-order valence-corrected chi connectivity index (χ4v) is 3.14. The lowest BCUT2D eigenvalue weighted by molar-refractivity contribution is 0.105. The molecule has 0 aromatic heterocycles. The number of hydrogen-bond acceptors (Lipinski definition) is 2. The van der Waals surface area contributed by atoms with Crippen LogP contribution in [0.25, 0.3) is 0 Å². The Morgan fingerprint density at radius 2 is 2.28 bits per heavy atom. The molecule has 3 heteroatoms. The van der Waals surface area contributed by atoms with Crippen LogP contribution in [0.5, 0.6) is 0 Å². The number of benzene rings is 1. The Kier molecular flexibility index (Phi) is 3.35. The van der Waals surface area contributed by atoms with Crippen LogP contribution in [-0.4, -0.2) is 19.3 Å². The second-order valence-electron chi connectivity index (χ2n) is 5.47. The molecular weight excluding hydrogens is 229 g/mol. The molecule has 3 atom stereocenters. The molecule has 18 heavy (non-hydrogen) atoms. The van der Waals surface area contributed by atoms with E-state index in [9.17, 15) is 4.39 Å². The van der Waals surface area contributed by atoms with Crippen LogP contribution in [0.3, 0.4) is 0 Å². The molecule has 1 aliphatic carbocycles. The smallest absolute Gasteiger partial charge is 0.123 e. The number of fused-ring (bicyclic) bond motifs is 1. The average molecular weight is 249 g/mol. The van der Waals surface area contributed by atoms with Gasteiger partial charge in [0, 0.05) is 19.2 Å². The summed E-state index contributed by atoms with van der Waals surface area (Å²) in [6, 6.07) is 5.58. The molecule has 1 aliphatic heterocycles. The number of hydrogen-bond donors (Lipinski definition) is 1. The van der Waals surface area contributed by atoms with Crippen LogP contribution in [-0.2, 0) is 11.2 Å². The normalized spacial score (nSPS) is 30.7. The van der Waals surface area contributed by atoms with Crippen molar-refractivity contribution < 1.29 is 9.13 Å². The van der Waals surface area contributed by atoms with Gasteiger partial charge in [0.2, 0.25) is 0 Å². The second kappa shape index (κ2) is 4.98. The van der Waals surface area contributed by atoms with Crippen LogP contribution in [0, 0.1) is 11.7 Å². The van der Waals surface area contributed by atoms with Gasteiger partial charge in [-0.15, -0.1) is 0 Å². The summed E-state index contributed by atoms with van der Waals surface area (Å²) in [6.45, 7) is 4.04. The Balaban J connectivity index is 1.62. The summed E-state index contributed by atoms with van der Waals surface area (Å²) in [4.78, 5) is 0. The first-order valence-electron chi connectivity index (χ1n) is 6.87. The van der Waals surface area contributed by atoms with Gasteiger partial charge in [-0.25, -0.2) is 4.39 Å². The van der Waals surface area contributed by atoms with Crippen molar-refractivity contribution >= 4 is 0 Å². The maximum Gasteiger partial charge on any atom is 0.123 e. The fourth-order valence-electron chi connectivity index (χ4n) is 3.14. The maximum absolute atomic E-state index is 13.1. The molecule has 98 valence electrons. The van der Waals surface area contributed by atoms with Gasteiger partial charge in [0.15, 0.2) is 0 Å². The van der Waals surface area contributed by atoms with E-state index < -0.39 is 0 Å². The first kappa shape index (κ1) is 12.1. The summed E-state index contributed by atoms with van der Waals surface area (Å²) in [6.07, 6.45) is 3.59. The molecule has 3 rings (SSSR count). The van der Waals surface area contributed by atoms with Crippen LogP contribution in [0.2, 0.25) is 0 Å². The Bertz CT molecular complexity index is 435. The predicted molar refractivity (Wildman–Crippen MR) is 69.0 cm³/mol. The molecule has 0 spiro atoms. The lowest BCUT2D eigenvalue weighted by Crippen LogP contribution is -2.29. The van der Waals surface area contributed by atoms with E-state index in [-0.39, 0.29) is 5.82 Å². The van der Waals surface area contributed by atoms with Gasteiger partial charge in [-0.1, -0.05) is 6.07 Å². The minimum Gasteiger partial charge on any atom is -0.378 e.